The molecule has 0 aliphatic heterocycles. The topological polar surface area (TPSA) is 39.8 Å². The Hall–Kier alpha value is -4.05. The minimum atomic E-state index is -0.159. The monoisotopic (exact) mass is 728 g/mol. The van der Waals surface area contributed by atoms with Gasteiger partial charge in [0, 0.05) is 11.4 Å². The predicted molar refractivity (Wildman–Crippen MR) is 203 cm³/mol. The third kappa shape index (κ3) is 11.0. The fraction of sp³-hybridized carbons (Fsp3) is 0.186. The fourth-order valence-electron chi connectivity index (χ4n) is 5.08. The van der Waals surface area contributed by atoms with Crippen LogP contribution in [0.1, 0.15) is 78.4 Å². The van der Waals surface area contributed by atoms with Crippen LogP contribution in [0, 0.1) is 13.8 Å². The van der Waals surface area contributed by atoms with Crippen LogP contribution in [-0.2, 0) is 26.2 Å². The van der Waals surface area contributed by atoms with Crippen LogP contribution in [0.25, 0.3) is 16.6 Å². The normalized spacial score (nSPS) is 10.9. The molecule has 5 aromatic carbocycles. The first kappa shape index (κ1) is 38.4. The Morgan fingerprint density at radius 3 is 1.56 bits per heavy atom. The van der Waals surface area contributed by atoms with Gasteiger partial charge in [-0.05, 0) is 23.9 Å². The molecule has 0 bridgehead atoms. The Morgan fingerprint density at radius 1 is 0.625 bits per heavy atom. The molecule has 1 unspecified atom stereocenters. The van der Waals surface area contributed by atoms with Gasteiger partial charge in [0.1, 0.15) is 0 Å². The van der Waals surface area contributed by atoms with Crippen LogP contribution >= 0.6 is 11.3 Å². The van der Waals surface area contributed by atoms with E-state index in [9.17, 15) is 0 Å². The summed E-state index contributed by atoms with van der Waals surface area (Å²) in [5.74, 6) is 1.74. The van der Waals surface area contributed by atoms with Crippen LogP contribution in [0.2, 0.25) is 0 Å². The van der Waals surface area contributed by atoms with Crippen LogP contribution in [0.3, 0.4) is 0 Å². The number of rotatable bonds is 8. The van der Waals surface area contributed by atoms with E-state index >= 15 is 0 Å². The molecule has 6 aromatic rings. The van der Waals surface area contributed by atoms with E-state index in [4.69, 9.17) is 10.3 Å². The van der Waals surface area contributed by atoms with Gasteiger partial charge in [0.25, 0.3) is 5.75 Å². The van der Waals surface area contributed by atoms with Crippen LogP contribution < -0.4 is 0 Å². The molecule has 48 heavy (non-hydrogen) atoms. The van der Waals surface area contributed by atoms with Gasteiger partial charge in [-0.25, -0.2) is 4.98 Å². The SMILES string of the molecule is C[OH+]c1ccccc1-c1csc(C([N-]c2c(C(C)C)cccc2C(C)C)c2ccccc2)n1.[CH2-]c1ccccc1.[CH2-]c1ccccc1.[Zr+3]. The van der Waals surface area contributed by atoms with Gasteiger partial charge in [-0.15, -0.1) is 41.3 Å². The number of hydrogen-bond donors (Lipinski definition) is 0. The molecule has 0 spiro atoms. The number of thiazole rings is 1. The van der Waals surface area contributed by atoms with Crippen molar-refractivity contribution in [3.8, 4) is 17.0 Å². The molecule has 3 nitrogen and oxygen atoms in total. The smallest absolute Gasteiger partial charge is 0.672 e. The average Bonchev–Trinajstić information content (AvgIpc) is 3.58. The zero-order valence-corrected chi connectivity index (χ0v) is 31.9. The molecule has 0 fully saturated rings. The zero-order chi connectivity index (χ0) is 33.6. The third-order valence-corrected chi connectivity index (χ3v) is 8.48. The standard InChI is InChI=1S/C29H31N2OS.2C7H7.Zr/c1-19(2)22-15-11-16-23(20(3)4)28(22)31-27(21-12-7-6-8-13-21)29-30-25(18-33-29)24-14-9-10-17-26(24)32-5;2*1-7-5-3-2-4-6-7;/h6-20,27H,1-5H3;2*2-6H,1H2;/q3*-1;+3/p+1. The van der Waals surface area contributed by atoms with Crippen molar-refractivity contribution in [2.75, 3.05) is 7.11 Å². The maximum atomic E-state index is 5.42. The number of hydrogen-bond acceptors (Lipinski definition) is 2. The fourth-order valence-corrected chi connectivity index (χ4v) is 5.96. The minimum Gasteiger partial charge on any atom is -0.672 e. The summed E-state index contributed by atoms with van der Waals surface area (Å²) in [7, 11) is 1.82. The van der Waals surface area contributed by atoms with Gasteiger partial charge in [0.2, 0.25) is 0 Å². The maximum absolute atomic E-state index is 5.42. The second-order valence-corrected chi connectivity index (χ2v) is 12.7. The second kappa shape index (κ2) is 19.7. The van der Waals surface area contributed by atoms with Gasteiger partial charge in [0.05, 0.1) is 16.3 Å². The number of aliphatic hydroxyl groups is 1. The van der Waals surface area contributed by atoms with Gasteiger partial charge in [-0.3, -0.25) is 0 Å². The van der Waals surface area contributed by atoms with E-state index in [-0.39, 0.29) is 32.2 Å². The average molecular weight is 730 g/mol. The van der Waals surface area contributed by atoms with Crippen molar-refractivity contribution in [1.29, 1.82) is 0 Å². The van der Waals surface area contributed by atoms with Gasteiger partial charge in [0.15, 0.2) is 7.11 Å². The van der Waals surface area contributed by atoms with Crippen molar-refractivity contribution in [1.82, 2.24) is 4.98 Å². The molecule has 0 amide bonds. The molecule has 1 radical (unpaired) electrons. The van der Waals surface area contributed by atoms with Crippen molar-refractivity contribution < 1.29 is 30.9 Å². The summed E-state index contributed by atoms with van der Waals surface area (Å²) in [6.45, 7) is 16.4. The molecular weight excluding hydrogens is 684 g/mol. The summed E-state index contributed by atoms with van der Waals surface area (Å²) in [4.78, 5) is 5.08. The molecule has 6 rings (SSSR count). The molecule has 243 valence electrons. The van der Waals surface area contributed by atoms with E-state index in [1.54, 1.807) is 11.3 Å². The van der Waals surface area contributed by atoms with Gasteiger partial charge in [-0.2, -0.15) is 49.2 Å². The first-order chi connectivity index (χ1) is 22.8. The summed E-state index contributed by atoms with van der Waals surface area (Å²) in [5, 5.41) is 8.54. The number of para-hydroxylation sites is 2. The Labute approximate surface area is 311 Å². The van der Waals surface area contributed by atoms with Crippen molar-refractivity contribution in [2.45, 2.75) is 45.6 Å². The molecule has 1 N–H and O–H groups in total. The summed E-state index contributed by atoms with van der Waals surface area (Å²) in [6, 6.07) is 44.8. The molecule has 0 saturated heterocycles. The number of benzene rings is 5. The second-order valence-electron chi connectivity index (χ2n) is 11.8. The van der Waals surface area contributed by atoms with Crippen molar-refractivity contribution in [2.24, 2.45) is 0 Å². The molecule has 1 aromatic heterocycles. The molecule has 5 heteroatoms. The Balaban J connectivity index is 0.000000343. The number of aromatic hydroxyl groups is 1. The van der Waals surface area contributed by atoms with E-state index < -0.39 is 0 Å². The molecule has 0 aliphatic rings. The third-order valence-electron chi connectivity index (χ3n) is 7.58. The van der Waals surface area contributed by atoms with Crippen LogP contribution in [-0.4, -0.2) is 16.8 Å². The molecule has 1 atom stereocenters. The number of nitrogens with zero attached hydrogens (tertiary/aromatic N) is 2. The Kier molecular flexibility index (Phi) is 15.8. The van der Waals surface area contributed by atoms with Crippen molar-refractivity contribution in [3.05, 3.63) is 191 Å². The maximum Gasteiger partial charge on any atom is 3.00 e. The molecule has 1 heterocycles. The number of aromatic nitrogens is 1. The summed E-state index contributed by atoms with van der Waals surface area (Å²) in [5.41, 5.74) is 8.98. The van der Waals surface area contributed by atoms with Crippen molar-refractivity contribution >= 4 is 17.0 Å². The van der Waals surface area contributed by atoms with E-state index in [2.05, 4.69) is 106 Å². The first-order valence-corrected chi connectivity index (χ1v) is 16.9. The van der Waals surface area contributed by atoms with Crippen LogP contribution in [0.5, 0.6) is 5.75 Å². The van der Waals surface area contributed by atoms with Gasteiger partial charge < -0.3 is 10.1 Å². The summed E-state index contributed by atoms with van der Waals surface area (Å²) < 4.78 is 4.43. The quantitative estimate of drug-likeness (QED) is 0.114. The van der Waals surface area contributed by atoms with Crippen molar-refractivity contribution in [3.63, 3.8) is 0 Å². The Morgan fingerprint density at radius 2 is 1.10 bits per heavy atom. The van der Waals surface area contributed by atoms with Crippen LogP contribution in [0.4, 0.5) is 5.69 Å². The zero-order valence-electron chi connectivity index (χ0n) is 28.7. The molecule has 0 saturated carbocycles. The number of ether oxygens (including phenoxy) is 1. The Bertz CT molecular complexity index is 1710. The summed E-state index contributed by atoms with van der Waals surface area (Å²) in [6.07, 6.45) is 0. The molecular formula is C43H46N2OSZr+. The largest absolute Gasteiger partial charge is 3.00 e. The van der Waals surface area contributed by atoms with Crippen LogP contribution in [0.15, 0.2) is 139 Å². The predicted octanol–water partition coefficient (Wildman–Crippen LogP) is 12.5. The van der Waals surface area contributed by atoms with E-state index in [0.717, 1.165) is 44.4 Å². The van der Waals surface area contributed by atoms with Gasteiger partial charge in [-0.1, -0.05) is 117 Å². The van der Waals surface area contributed by atoms with E-state index in [0.29, 0.717) is 11.8 Å². The summed E-state index contributed by atoms with van der Waals surface area (Å²) >= 11 is 1.67. The van der Waals surface area contributed by atoms with Gasteiger partial charge >= 0.3 is 26.2 Å². The van der Waals surface area contributed by atoms with E-state index in [1.165, 1.54) is 11.1 Å². The van der Waals surface area contributed by atoms with E-state index in [1.807, 2.05) is 86.0 Å². The molecule has 0 aliphatic carbocycles. The first-order valence-electron chi connectivity index (χ1n) is 16.1. The minimum absolute atomic E-state index is 0.